The van der Waals surface area contributed by atoms with Crippen LogP contribution >= 0.6 is 0 Å². The molecule has 8 heteroatoms. The van der Waals surface area contributed by atoms with E-state index < -0.39 is 10.0 Å². The predicted octanol–water partition coefficient (Wildman–Crippen LogP) is 3.65. The first-order chi connectivity index (χ1) is 17.3. The summed E-state index contributed by atoms with van der Waals surface area (Å²) in [7, 11) is -3.93. The van der Waals surface area contributed by atoms with Gasteiger partial charge in [-0.3, -0.25) is 14.0 Å². The zero-order chi connectivity index (χ0) is 25.5. The molecule has 4 rings (SSSR count). The van der Waals surface area contributed by atoms with Crippen LogP contribution in [0, 0.1) is 13.8 Å². The number of carbonyl (C=O) groups excluding carboxylic acids is 1. The highest BCUT2D eigenvalue weighted by molar-refractivity contribution is 7.92. The van der Waals surface area contributed by atoms with Crippen molar-refractivity contribution in [2.75, 3.05) is 37.2 Å². The Balaban J connectivity index is 1.47. The Morgan fingerprint density at radius 1 is 0.917 bits per heavy atom. The summed E-state index contributed by atoms with van der Waals surface area (Å²) < 4.78 is 33.7. The normalized spacial score (nSPS) is 14.4. The Morgan fingerprint density at radius 2 is 1.61 bits per heavy atom. The molecule has 0 aromatic heterocycles. The molecule has 0 unspecified atom stereocenters. The monoisotopic (exact) mass is 507 g/mol. The molecule has 0 spiro atoms. The molecule has 1 heterocycles. The minimum atomic E-state index is -3.93. The van der Waals surface area contributed by atoms with Gasteiger partial charge in [0.15, 0.2) is 0 Å². The molecule has 7 nitrogen and oxygen atoms in total. The number of nitrogens with zero attached hydrogens (tertiary/aromatic N) is 2. The number of benzene rings is 3. The van der Waals surface area contributed by atoms with Gasteiger partial charge in [-0.15, -0.1) is 0 Å². The fourth-order valence-corrected chi connectivity index (χ4v) is 5.59. The van der Waals surface area contributed by atoms with Crippen LogP contribution in [0.4, 0.5) is 5.69 Å². The summed E-state index contributed by atoms with van der Waals surface area (Å²) in [5.74, 6) is -0.370. The van der Waals surface area contributed by atoms with Gasteiger partial charge in [-0.05, 0) is 54.8 Å². The Hall–Kier alpha value is -3.20. The van der Waals surface area contributed by atoms with E-state index in [1.807, 2.05) is 32.0 Å². The summed E-state index contributed by atoms with van der Waals surface area (Å²) in [5.41, 5.74) is 4.47. The highest BCUT2D eigenvalue weighted by Crippen LogP contribution is 2.24. The first kappa shape index (κ1) is 25.9. The molecule has 1 aliphatic heterocycles. The van der Waals surface area contributed by atoms with Crippen molar-refractivity contribution in [3.05, 3.63) is 95.1 Å². The number of carbonyl (C=O) groups is 1. The van der Waals surface area contributed by atoms with Gasteiger partial charge in [0, 0.05) is 26.2 Å². The van der Waals surface area contributed by atoms with Crippen LogP contribution < -0.4 is 9.62 Å². The van der Waals surface area contributed by atoms with Crippen LogP contribution in [-0.2, 0) is 32.6 Å². The van der Waals surface area contributed by atoms with E-state index in [9.17, 15) is 13.2 Å². The van der Waals surface area contributed by atoms with Crippen molar-refractivity contribution >= 4 is 21.6 Å². The van der Waals surface area contributed by atoms with Crippen LogP contribution in [0.1, 0.15) is 22.3 Å². The van der Waals surface area contributed by atoms with E-state index in [0.717, 1.165) is 49.5 Å². The Bertz CT molecular complexity index is 1290. The summed E-state index contributed by atoms with van der Waals surface area (Å²) in [4.78, 5) is 15.5. The van der Waals surface area contributed by atoms with Gasteiger partial charge in [-0.2, -0.15) is 0 Å². The smallest absolute Gasteiger partial charge is 0.264 e. The van der Waals surface area contributed by atoms with Crippen molar-refractivity contribution < 1.29 is 17.9 Å². The van der Waals surface area contributed by atoms with Crippen LogP contribution in [0.5, 0.6) is 0 Å². The van der Waals surface area contributed by atoms with Gasteiger partial charge < -0.3 is 10.1 Å². The third-order valence-electron chi connectivity index (χ3n) is 6.18. The predicted molar refractivity (Wildman–Crippen MR) is 141 cm³/mol. The number of hydrogen-bond acceptors (Lipinski definition) is 5. The molecule has 1 aliphatic rings. The second-order valence-electron chi connectivity index (χ2n) is 9.15. The third-order valence-corrected chi connectivity index (χ3v) is 7.96. The number of rotatable bonds is 9. The second-order valence-corrected chi connectivity index (χ2v) is 11.0. The first-order valence-electron chi connectivity index (χ1n) is 12.1. The first-order valence-corrected chi connectivity index (χ1v) is 13.6. The molecular weight excluding hydrogens is 474 g/mol. The van der Waals surface area contributed by atoms with Crippen LogP contribution in [-0.4, -0.2) is 52.1 Å². The van der Waals surface area contributed by atoms with Crippen LogP contribution in [0.2, 0.25) is 0 Å². The third kappa shape index (κ3) is 6.72. The molecule has 0 atom stereocenters. The summed E-state index contributed by atoms with van der Waals surface area (Å²) in [6.45, 7) is 7.95. The van der Waals surface area contributed by atoms with E-state index in [0.29, 0.717) is 12.2 Å². The topological polar surface area (TPSA) is 79.0 Å². The number of hydrogen-bond donors (Lipinski definition) is 1. The number of morpholine rings is 1. The van der Waals surface area contributed by atoms with Gasteiger partial charge in [0.25, 0.3) is 10.0 Å². The number of aryl methyl sites for hydroxylation is 2. The van der Waals surface area contributed by atoms with Gasteiger partial charge in [0.05, 0.1) is 23.8 Å². The van der Waals surface area contributed by atoms with E-state index in [2.05, 4.69) is 22.3 Å². The fourth-order valence-electron chi connectivity index (χ4n) is 4.18. The molecule has 0 bridgehead atoms. The molecule has 1 amide bonds. The maximum Gasteiger partial charge on any atom is 0.264 e. The maximum absolute atomic E-state index is 13.5. The molecule has 0 saturated carbocycles. The Kier molecular flexibility index (Phi) is 8.40. The average Bonchev–Trinajstić information content (AvgIpc) is 2.87. The number of sulfonamides is 1. The van der Waals surface area contributed by atoms with Crippen molar-refractivity contribution in [3.63, 3.8) is 0 Å². The lowest BCUT2D eigenvalue weighted by molar-refractivity contribution is -0.119. The van der Waals surface area contributed by atoms with Crippen molar-refractivity contribution in [1.29, 1.82) is 0 Å². The standard InChI is InChI=1S/C28H33N3O4S/c1-22-9-11-27(12-10-22)36(33,34)31(26-8-3-5-23(2)17-26)21-28(32)29-19-24-6-4-7-25(18-24)20-30-13-15-35-16-14-30/h3-12,17-18H,13-16,19-21H2,1-2H3,(H,29,32). The van der Waals surface area contributed by atoms with Crippen LogP contribution in [0.15, 0.2) is 77.7 Å². The molecule has 36 heavy (non-hydrogen) atoms. The lowest BCUT2D eigenvalue weighted by atomic mass is 10.1. The van der Waals surface area contributed by atoms with E-state index >= 15 is 0 Å². The quantitative estimate of drug-likeness (QED) is 0.478. The maximum atomic E-state index is 13.5. The zero-order valence-corrected chi connectivity index (χ0v) is 21.6. The van der Waals surface area contributed by atoms with Crippen molar-refractivity contribution in [1.82, 2.24) is 10.2 Å². The molecule has 3 aromatic rings. The molecule has 0 aliphatic carbocycles. The van der Waals surface area contributed by atoms with Gasteiger partial charge in [0.1, 0.15) is 6.54 Å². The molecule has 3 aromatic carbocycles. The minimum Gasteiger partial charge on any atom is -0.379 e. The van der Waals surface area contributed by atoms with E-state index in [-0.39, 0.29) is 17.3 Å². The summed E-state index contributed by atoms with van der Waals surface area (Å²) in [5, 5.41) is 2.90. The lowest BCUT2D eigenvalue weighted by Crippen LogP contribution is -2.40. The van der Waals surface area contributed by atoms with Gasteiger partial charge in [-0.25, -0.2) is 8.42 Å². The second kappa shape index (κ2) is 11.7. The Morgan fingerprint density at radius 3 is 2.33 bits per heavy atom. The molecule has 1 N–H and O–H groups in total. The number of anilines is 1. The summed E-state index contributed by atoms with van der Waals surface area (Å²) in [6, 6.07) is 21.9. The molecule has 1 fully saturated rings. The SMILES string of the molecule is Cc1ccc(S(=O)(=O)N(CC(=O)NCc2cccc(CN3CCOCC3)c2)c2cccc(C)c2)cc1. The minimum absolute atomic E-state index is 0.151. The van der Waals surface area contributed by atoms with Gasteiger partial charge in [0.2, 0.25) is 5.91 Å². The largest absolute Gasteiger partial charge is 0.379 e. The van der Waals surface area contributed by atoms with E-state index in [1.165, 1.54) is 9.87 Å². The highest BCUT2D eigenvalue weighted by Gasteiger charge is 2.27. The van der Waals surface area contributed by atoms with Crippen molar-refractivity contribution in [2.45, 2.75) is 31.8 Å². The summed E-state index contributed by atoms with van der Waals surface area (Å²) in [6.07, 6.45) is 0. The molecular formula is C28H33N3O4S. The molecule has 190 valence electrons. The molecule has 1 saturated heterocycles. The van der Waals surface area contributed by atoms with Gasteiger partial charge >= 0.3 is 0 Å². The van der Waals surface area contributed by atoms with Crippen molar-refractivity contribution in [3.8, 4) is 0 Å². The van der Waals surface area contributed by atoms with Crippen LogP contribution in [0.3, 0.4) is 0 Å². The lowest BCUT2D eigenvalue weighted by Gasteiger charge is -2.26. The zero-order valence-electron chi connectivity index (χ0n) is 20.8. The van der Waals surface area contributed by atoms with E-state index in [4.69, 9.17) is 4.74 Å². The van der Waals surface area contributed by atoms with Gasteiger partial charge in [-0.1, -0.05) is 54.1 Å². The number of amides is 1. The summed E-state index contributed by atoms with van der Waals surface area (Å²) >= 11 is 0. The number of nitrogens with one attached hydrogen (secondary N) is 1. The Labute approximate surface area is 213 Å². The molecule has 0 radical (unpaired) electrons. The average molecular weight is 508 g/mol. The van der Waals surface area contributed by atoms with E-state index in [1.54, 1.807) is 42.5 Å². The number of ether oxygens (including phenoxy) is 1. The highest BCUT2D eigenvalue weighted by atomic mass is 32.2. The van der Waals surface area contributed by atoms with Crippen molar-refractivity contribution in [2.24, 2.45) is 0 Å². The van der Waals surface area contributed by atoms with Crippen LogP contribution in [0.25, 0.3) is 0 Å². The fraction of sp³-hybridized carbons (Fsp3) is 0.321.